The number of thiol groups is 1. The fourth-order valence-electron chi connectivity index (χ4n) is 3.09. The van der Waals surface area contributed by atoms with Crippen molar-refractivity contribution in [1.29, 1.82) is 0 Å². The first-order chi connectivity index (χ1) is 10.6. The number of carbonyl (C=O) groups is 3. The Hall–Kier alpha value is -1.44. The van der Waals surface area contributed by atoms with E-state index in [0.717, 1.165) is 0 Å². The number of β-lactam (4-membered cyclic amide) rings is 1. The van der Waals surface area contributed by atoms with Gasteiger partial charge in [0.25, 0.3) is 0 Å². The highest BCUT2D eigenvalue weighted by molar-refractivity contribution is 7.80. The summed E-state index contributed by atoms with van der Waals surface area (Å²) in [7, 11) is 0. The molecule has 0 aromatic rings. The van der Waals surface area contributed by atoms with Gasteiger partial charge in [0.1, 0.15) is 11.6 Å². The van der Waals surface area contributed by atoms with Crippen molar-refractivity contribution in [3.05, 3.63) is 0 Å². The van der Waals surface area contributed by atoms with Gasteiger partial charge in [-0.1, -0.05) is 0 Å². The Morgan fingerprint density at radius 1 is 1.35 bits per heavy atom. The van der Waals surface area contributed by atoms with Crippen LogP contribution in [-0.2, 0) is 14.3 Å². The molecule has 0 saturated carbocycles. The van der Waals surface area contributed by atoms with Crippen LogP contribution in [0.1, 0.15) is 33.6 Å². The second-order valence-corrected chi connectivity index (χ2v) is 7.65. The molecule has 2 aliphatic rings. The van der Waals surface area contributed by atoms with Crippen molar-refractivity contribution in [2.45, 2.75) is 45.3 Å². The molecule has 0 radical (unpaired) electrons. The summed E-state index contributed by atoms with van der Waals surface area (Å²) in [6, 6.07) is -0.652. The summed E-state index contributed by atoms with van der Waals surface area (Å²) < 4.78 is 5.35. The third kappa shape index (κ3) is 3.57. The Balaban J connectivity index is 1.92. The molecule has 2 heterocycles. The van der Waals surface area contributed by atoms with E-state index in [1.165, 1.54) is 4.90 Å². The van der Waals surface area contributed by atoms with Crippen molar-refractivity contribution < 1.29 is 19.1 Å². The minimum absolute atomic E-state index is 0.0563. The van der Waals surface area contributed by atoms with Crippen molar-refractivity contribution in [3.63, 3.8) is 0 Å². The van der Waals surface area contributed by atoms with E-state index in [9.17, 15) is 14.4 Å². The number of nitrogens with zero attached hydrogens (tertiary/aromatic N) is 2. The lowest BCUT2D eigenvalue weighted by Crippen LogP contribution is -2.69. The molecule has 0 aromatic heterocycles. The van der Waals surface area contributed by atoms with Gasteiger partial charge in [0, 0.05) is 25.4 Å². The maximum absolute atomic E-state index is 12.5. The molecule has 2 N–H and O–H groups in total. The Morgan fingerprint density at radius 3 is 2.30 bits per heavy atom. The highest BCUT2D eigenvalue weighted by Gasteiger charge is 2.56. The van der Waals surface area contributed by atoms with Crippen LogP contribution in [0.4, 0.5) is 4.79 Å². The fraction of sp³-hybridized carbons (Fsp3) is 0.800. The number of primary amides is 1. The Labute approximate surface area is 141 Å². The topological polar surface area (TPSA) is 92.9 Å². The van der Waals surface area contributed by atoms with E-state index >= 15 is 0 Å². The number of hydrogen-bond donors (Lipinski definition) is 2. The molecule has 3 amide bonds. The third-order valence-electron chi connectivity index (χ3n) is 4.44. The van der Waals surface area contributed by atoms with Gasteiger partial charge in [-0.05, 0) is 33.6 Å². The van der Waals surface area contributed by atoms with Gasteiger partial charge in [-0.25, -0.2) is 4.79 Å². The molecule has 2 rings (SSSR count). The Morgan fingerprint density at radius 2 is 1.91 bits per heavy atom. The first kappa shape index (κ1) is 17.9. The van der Waals surface area contributed by atoms with Gasteiger partial charge in [-0.15, -0.1) is 0 Å². The summed E-state index contributed by atoms with van der Waals surface area (Å²) in [6.45, 7) is 6.94. The first-order valence-electron chi connectivity index (χ1n) is 7.79. The zero-order valence-electron chi connectivity index (χ0n) is 13.9. The number of nitrogens with two attached hydrogens (primary N) is 1. The summed E-state index contributed by atoms with van der Waals surface area (Å²) in [5, 5.41) is 0. The summed E-state index contributed by atoms with van der Waals surface area (Å²) in [6.07, 6.45) is 0.820. The van der Waals surface area contributed by atoms with E-state index in [1.807, 2.05) is 20.8 Å². The lowest BCUT2D eigenvalue weighted by Gasteiger charge is -2.54. The van der Waals surface area contributed by atoms with Crippen LogP contribution in [-0.4, -0.2) is 64.7 Å². The SMILES string of the molecule is CC(C)(C)OC(=O)N1CCC2(CC1)CN([C@@H](CS)C(N)=O)C2=O. The van der Waals surface area contributed by atoms with Crippen molar-refractivity contribution in [2.24, 2.45) is 11.1 Å². The van der Waals surface area contributed by atoms with Gasteiger partial charge in [0.2, 0.25) is 11.8 Å². The van der Waals surface area contributed by atoms with Crippen LogP contribution in [0, 0.1) is 5.41 Å². The number of hydrogen-bond acceptors (Lipinski definition) is 5. The Bertz CT molecular complexity index is 509. The standard InChI is InChI=1S/C15H25N3O4S/c1-14(2,3)22-13(21)17-6-4-15(5-7-17)9-18(12(15)20)10(8-23)11(16)19/h10,23H,4-9H2,1-3H3,(H2,16,19)/t10-/m0/s1. The average molecular weight is 343 g/mol. The Kier molecular flexibility index (Phi) is 4.84. The van der Waals surface area contributed by atoms with Gasteiger partial charge < -0.3 is 20.3 Å². The molecule has 23 heavy (non-hydrogen) atoms. The maximum atomic E-state index is 12.5. The first-order valence-corrected chi connectivity index (χ1v) is 8.42. The molecule has 0 aliphatic carbocycles. The number of amides is 3. The molecule has 0 aromatic carbocycles. The van der Waals surface area contributed by atoms with Gasteiger partial charge in [-0.2, -0.15) is 12.6 Å². The van der Waals surface area contributed by atoms with Crippen molar-refractivity contribution in [1.82, 2.24) is 9.80 Å². The number of piperidine rings is 1. The van der Waals surface area contributed by atoms with E-state index in [-0.39, 0.29) is 17.8 Å². The molecular formula is C15H25N3O4S. The average Bonchev–Trinajstić information content (AvgIpc) is 2.45. The summed E-state index contributed by atoms with van der Waals surface area (Å²) in [5.41, 5.74) is 4.31. The minimum atomic E-state index is -0.652. The number of rotatable bonds is 3. The zero-order chi connectivity index (χ0) is 17.4. The molecule has 2 saturated heterocycles. The summed E-state index contributed by atoms with van der Waals surface area (Å²) >= 11 is 4.09. The van der Waals surface area contributed by atoms with Crippen molar-refractivity contribution >= 4 is 30.5 Å². The van der Waals surface area contributed by atoms with E-state index in [0.29, 0.717) is 32.5 Å². The number of carbonyl (C=O) groups excluding carboxylic acids is 3. The summed E-state index contributed by atoms with van der Waals surface area (Å²) in [5.74, 6) is -0.366. The molecule has 1 atom stereocenters. The largest absolute Gasteiger partial charge is 0.444 e. The molecule has 7 nitrogen and oxygen atoms in total. The van der Waals surface area contributed by atoms with Crippen LogP contribution in [0.3, 0.4) is 0 Å². The molecule has 1 spiro atoms. The van der Waals surface area contributed by atoms with Crippen molar-refractivity contribution in [3.8, 4) is 0 Å². The molecule has 8 heteroatoms. The molecule has 2 fully saturated rings. The molecule has 130 valence electrons. The predicted molar refractivity (Wildman–Crippen MR) is 88.0 cm³/mol. The second kappa shape index (κ2) is 6.22. The van der Waals surface area contributed by atoms with Crippen LogP contribution >= 0.6 is 12.6 Å². The molecule has 2 aliphatic heterocycles. The second-order valence-electron chi connectivity index (χ2n) is 7.28. The van der Waals surface area contributed by atoms with Crippen LogP contribution < -0.4 is 5.73 Å². The van der Waals surface area contributed by atoms with Gasteiger partial charge in [0.05, 0.1) is 5.41 Å². The number of ether oxygens (including phenoxy) is 1. The monoisotopic (exact) mass is 343 g/mol. The van der Waals surface area contributed by atoms with Gasteiger partial charge in [0.15, 0.2) is 0 Å². The third-order valence-corrected chi connectivity index (χ3v) is 4.78. The minimum Gasteiger partial charge on any atom is -0.444 e. The van der Waals surface area contributed by atoms with Crippen LogP contribution in [0.5, 0.6) is 0 Å². The molecule has 0 bridgehead atoms. The fourth-order valence-corrected chi connectivity index (χ4v) is 3.47. The quantitative estimate of drug-likeness (QED) is 0.581. The number of likely N-dealkylation sites (tertiary alicyclic amines) is 2. The lowest BCUT2D eigenvalue weighted by atomic mass is 9.70. The maximum Gasteiger partial charge on any atom is 0.410 e. The highest BCUT2D eigenvalue weighted by Crippen LogP contribution is 2.43. The van der Waals surface area contributed by atoms with Gasteiger partial charge >= 0.3 is 6.09 Å². The van der Waals surface area contributed by atoms with E-state index < -0.39 is 23.0 Å². The van der Waals surface area contributed by atoms with Crippen LogP contribution in [0.15, 0.2) is 0 Å². The molecule has 0 unspecified atom stereocenters. The van der Waals surface area contributed by atoms with E-state index in [1.54, 1.807) is 4.90 Å². The van der Waals surface area contributed by atoms with E-state index in [4.69, 9.17) is 10.5 Å². The lowest BCUT2D eigenvalue weighted by molar-refractivity contribution is -0.170. The van der Waals surface area contributed by atoms with Crippen LogP contribution in [0.25, 0.3) is 0 Å². The van der Waals surface area contributed by atoms with Gasteiger partial charge in [-0.3, -0.25) is 9.59 Å². The van der Waals surface area contributed by atoms with Crippen LogP contribution in [0.2, 0.25) is 0 Å². The predicted octanol–water partition coefficient (Wildman–Crippen LogP) is 0.630. The smallest absolute Gasteiger partial charge is 0.410 e. The normalized spacial score (nSPS) is 21.8. The zero-order valence-corrected chi connectivity index (χ0v) is 14.8. The van der Waals surface area contributed by atoms with Crippen molar-refractivity contribution in [2.75, 3.05) is 25.4 Å². The van der Waals surface area contributed by atoms with E-state index in [2.05, 4.69) is 12.6 Å². The highest BCUT2D eigenvalue weighted by atomic mass is 32.1. The summed E-state index contributed by atoms with van der Waals surface area (Å²) in [4.78, 5) is 39.1. The molecular weight excluding hydrogens is 318 g/mol.